The maximum absolute atomic E-state index is 12.3. The normalized spacial score (nSPS) is 18.5. The van der Waals surface area contributed by atoms with Crippen molar-refractivity contribution in [2.24, 2.45) is 15.9 Å². The van der Waals surface area contributed by atoms with Crippen molar-refractivity contribution in [2.75, 3.05) is 11.1 Å². The van der Waals surface area contributed by atoms with E-state index in [0.29, 0.717) is 16.3 Å². The van der Waals surface area contributed by atoms with Crippen molar-refractivity contribution in [1.82, 2.24) is 4.72 Å². The van der Waals surface area contributed by atoms with Crippen molar-refractivity contribution in [2.45, 2.75) is 38.1 Å². The maximum Gasteiger partial charge on any atom is 0.342 e. The molecule has 0 bridgehead atoms. The number of carbonyl (C=O) groups excluding carboxylic acids is 2. The van der Waals surface area contributed by atoms with Gasteiger partial charge in [0.1, 0.15) is 5.92 Å². The van der Waals surface area contributed by atoms with E-state index >= 15 is 0 Å². The number of nitrogens with zero attached hydrogens (tertiary/aromatic N) is 2. The summed E-state index contributed by atoms with van der Waals surface area (Å²) in [6.45, 7) is 6.78. The van der Waals surface area contributed by atoms with E-state index in [1.165, 1.54) is 24.3 Å². The number of aliphatic carboxylic acids is 1. The van der Waals surface area contributed by atoms with Gasteiger partial charge in [-0.05, 0) is 57.5 Å². The third kappa shape index (κ3) is 6.10. The molecule has 0 saturated heterocycles. The Morgan fingerprint density at radius 3 is 2.39 bits per heavy atom. The first-order chi connectivity index (χ1) is 15.3. The number of hydrogen-bond donors (Lipinski definition) is 3. The van der Waals surface area contributed by atoms with Gasteiger partial charge in [-0.15, -0.1) is 0 Å². The molecule has 1 atom stereocenters. The van der Waals surface area contributed by atoms with Crippen LogP contribution in [0.4, 0.5) is 5.69 Å². The van der Waals surface area contributed by atoms with Crippen molar-refractivity contribution in [3.63, 3.8) is 0 Å². The molecule has 10 nitrogen and oxygen atoms in total. The molecule has 2 aliphatic heterocycles. The van der Waals surface area contributed by atoms with E-state index in [4.69, 9.17) is 0 Å². The Bertz CT molecular complexity index is 1210. The van der Waals surface area contributed by atoms with E-state index in [-0.39, 0.29) is 20.7 Å². The smallest absolute Gasteiger partial charge is 0.342 e. The highest BCUT2D eigenvalue weighted by Gasteiger charge is 2.40. The monoisotopic (exact) mass is 510 g/mol. The van der Waals surface area contributed by atoms with Crippen LogP contribution < -0.4 is 10.0 Å². The van der Waals surface area contributed by atoms with Gasteiger partial charge in [0, 0.05) is 11.2 Å². The Morgan fingerprint density at radius 2 is 1.82 bits per heavy atom. The van der Waals surface area contributed by atoms with Crippen LogP contribution in [0.25, 0.3) is 0 Å². The molecule has 0 spiro atoms. The van der Waals surface area contributed by atoms with Gasteiger partial charge in [-0.1, -0.05) is 23.5 Å². The third-order valence-electron chi connectivity index (χ3n) is 4.32. The molecule has 2 aliphatic rings. The number of sulfonamides is 1. The Balaban J connectivity index is 1.58. The molecule has 176 valence electrons. The number of fused-ring (bicyclic) bond motifs is 1. The lowest BCUT2D eigenvalue weighted by Gasteiger charge is -2.20. The second-order valence-electron chi connectivity index (χ2n) is 8.25. The molecule has 1 aromatic carbocycles. The van der Waals surface area contributed by atoms with Crippen LogP contribution in [0.15, 0.2) is 49.6 Å². The molecule has 2 amide bonds. The van der Waals surface area contributed by atoms with Crippen molar-refractivity contribution in [3.8, 4) is 0 Å². The molecule has 13 heteroatoms. The highest BCUT2D eigenvalue weighted by molar-refractivity contribution is 8.19. The second kappa shape index (κ2) is 9.41. The summed E-state index contributed by atoms with van der Waals surface area (Å²) in [5.74, 6) is -2.90. The molecule has 0 fully saturated rings. The fraction of sp³-hybridized carbons (Fsp3) is 0.350. The Hall–Kier alpha value is -2.48. The fourth-order valence-electron chi connectivity index (χ4n) is 3.00. The molecular formula is C20H22N4O6S3. The van der Waals surface area contributed by atoms with Gasteiger partial charge >= 0.3 is 5.97 Å². The van der Waals surface area contributed by atoms with Crippen LogP contribution in [0.1, 0.15) is 27.7 Å². The van der Waals surface area contributed by atoms with E-state index in [2.05, 4.69) is 20.0 Å². The first-order valence-corrected chi connectivity index (χ1v) is 12.9. The van der Waals surface area contributed by atoms with Gasteiger partial charge < -0.3 is 10.4 Å². The minimum atomic E-state index is -3.69. The molecule has 2 heterocycles. The number of rotatable bonds is 6. The number of carboxylic acid groups (broad SMARTS) is 1. The van der Waals surface area contributed by atoms with E-state index in [0.717, 1.165) is 23.5 Å². The first kappa shape index (κ1) is 25.1. The molecule has 3 rings (SSSR count). The predicted octanol–water partition coefficient (Wildman–Crippen LogP) is 2.45. The average Bonchev–Trinajstić information content (AvgIpc) is 3.02. The summed E-state index contributed by atoms with van der Waals surface area (Å²) in [5.41, 5.74) is 0.182. The molecule has 0 radical (unpaired) electrons. The highest BCUT2D eigenvalue weighted by Crippen LogP contribution is 2.41. The van der Waals surface area contributed by atoms with Gasteiger partial charge in [-0.25, -0.2) is 22.9 Å². The van der Waals surface area contributed by atoms with Crippen LogP contribution in [-0.4, -0.2) is 52.8 Å². The van der Waals surface area contributed by atoms with Crippen LogP contribution in [0.2, 0.25) is 0 Å². The Labute approximate surface area is 199 Å². The highest BCUT2D eigenvalue weighted by atomic mass is 32.2. The van der Waals surface area contributed by atoms with Crippen LogP contribution in [0.5, 0.6) is 0 Å². The molecule has 1 aromatic rings. The number of carboxylic acids is 1. The molecular weight excluding hydrogens is 488 g/mol. The largest absolute Gasteiger partial charge is 0.477 e. The summed E-state index contributed by atoms with van der Waals surface area (Å²) < 4.78 is 27.3. The molecule has 0 aliphatic carbocycles. The Kier molecular flexibility index (Phi) is 7.17. The zero-order valence-electron chi connectivity index (χ0n) is 18.2. The summed E-state index contributed by atoms with van der Waals surface area (Å²) in [6, 6.07) is 5.73. The predicted molar refractivity (Wildman–Crippen MR) is 129 cm³/mol. The number of hydrogen-bond acceptors (Lipinski definition) is 8. The number of nitrogens with one attached hydrogen (secondary N) is 2. The number of amides is 2. The summed E-state index contributed by atoms with van der Waals surface area (Å²) in [6.07, 6.45) is 0. The first-order valence-electron chi connectivity index (χ1n) is 9.66. The molecule has 0 saturated carbocycles. The van der Waals surface area contributed by atoms with Gasteiger partial charge in [-0.3, -0.25) is 9.59 Å². The molecule has 0 aromatic heterocycles. The van der Waals surface area contributed by atoms with Gasteiger partial charge in [0.05, 0.1) is 20.6 Å². The zero-order valence-corrected chi connectivity index (χ0v) is 20.7. The molecule has 33 heavy (non-hydrogen) atoms. The summed E-state index contributed by atoms with van der Waals surface area (Å²) in [5, 5.41) is 12.3. The van der Waals surface area contributed by atoms with Gasteiger partial charge in [-0.2, -0.15) is 4.99 Å². The average molecular weight is 511 g/mol. The SMILES string of the molecule is CC1=C(C(=O)O)SC2=NC(SCC(=O)Nc3ccc(S(=O)(=O)NC(C)(C)C)cc3)=NC(=O)C21. The van der Waals surface area contributed by atoms with Crippen LogP contribution in [0.3, 0.4) is 0 Å². The van der Waals surface area contributed by atoms with Gasteiger partial charge in [0.2, 0.25) is 15.9 Å². The van der Waals surface area contributed by atoms with Crippen molar-refractivity contribution in [3.05, 3.63) is 34.7 Å². The molecule has 1 unspecified atom stereocenters. The number of anilines is 1. The number of benzene rings is 1. The lowest BCUT2D eigenvalue weighted by Crippen LogP contribution is -2.40. The number of amidine groups is 1. The summed E-state index contributed by atoms with van der Waals surface area (Å²) in [7, 11) is -3.69. The lowest BCUT2D eigenvalue weighted by atomic mass is 10.0. The van der Waals surface area contributed by atoms with E-state index in [1.807, 2.05) is 0 Å². The minimum absolute atomic E-state index is 0.0643. The van der Waals surface area contributed by atoms with Crippen LogP contribution in [-0.2, 0) is 24.4 Å². The molecule has 3 N–H and O–H groups in total. The zero-order chi connectivity index (χ0) is 24.6. The minimum Gasteiger partial charge on any atom is -0.477 e. The quantitative estimate of drug-likeness (QED) is 0.527. The number of carbonyl (C=O) groups is 3. The summed E-state index contributed by atoms with van der Waals surface area (Å²) >= 11 is 1.87. The van der Waals surface area contributed by atoms with E-state index in [9.17, 15) is 27.9 Å². The topological polar surface area (TPSA) is 154 Å². The van der Waals surface area contributed by atoms with E-state index < -0.39 is 39.3 Å². The van der Waals surface area contributed by atoms with Crippen LogP contribution >= 0.6 is 23.5 Å². The van der Waals surface area contributed by atoms with Gasteiger partial charge in [0.25, 0.3) is 5.91 Å². The van der Waals surface area contributed by atoms with Crippen molar-refractivity contribution < 1.29 is 27.9 Å². The summed E-state index contributed by atoms with van der Waals surface area (Å²) in [4.78, 5) is 44.1. The maximum atomic E-state index is 12.3. The third-order valence-corrected chi connectivity index (χ3v) is 8.18. The van der Waals surface area contributed by atoms with E-state index in [1.54, 1.807) is 27.7 Å². The standard InChI is InChI=1S/C20H22N4O6S3/c1-10-14-16(26)22-19(23-17(14)32-15(10)18(27)28)31-9-13(25)21-11-5-7-12(8-6-11)33(29,30)24-20(2,3)4/h5-8,14,24H,9H2,1-4H3,(H,21,25)(H,27,28). The second-order valence-corrected chi connectivity index (χ2v) is 11.9. The Morgan fingerprint density at radius 1 is 1.18 bits per heavy atom. The van der Waals surface area contributed by atoms with Crippen LogP contribution in [0, 0.1) is 5.92 Å². The number of aliphatic imine (C=N–C) groups is 2. The number of thioether (sulfide) groups is 2. The van der Waals surface area contributed by atoms with Crippen molar-refractivity contribution in [1.29, 1.82) is 0 Å². The fourth-order valence-corrected chi connectivity index (χ4v) is 6.23. The van der Waals surface area contributed by atoms with Gasteiger partial charge in [0.15, 0.2) is 5.17 Å². The lowest BCUT2D eigenvalue weighted by molar-refractivity contribution is -0.131. The van der Waals surface area contributed by atoms with Crippen molar-refractivity contribution >= 4 is 67.2 Å².